The summed E-state index contributed by atoms with van der Waals surface area (Å²) in [5.41, 5.74) is 0. The van der Waals surface area contributed by atoms with Gasteiger partial charge in [-0.05, 0) is 46.8 Å². The first kappa shape index (κ1) is 16.8. The van der Waals surface area contributed by atoms with Crippen LogP contribution in [0.25, 0.3) is 0 Å². The molecular weight excluding hydrogens is 258 g/mol. The normalized spacial score (nSPS) is 19.2. The fourth-order valence-corrected chi connectivity index (χ4v) is 2.52. The predicted octanol–water partition coefficient (Wildman–Crippen LogP) is 1.18. The van der Waals surface area contributed by atoms with E-state index in [2.05, 4.69) is 4.90 Å². The Morgan fingerprint density at radius 1 is 1.30 bits per heavy atom. The van der Waals surface area contributed by atoms with Gasteiger partial charge < -0.3 is 19.8 Å². The highest BCUT2D eigenvalue weighted by Gasteiger charge is 2.29. The third kappa shape index (κ3) is 5.00. The Morgan fingerprint density at radius 3 is 2.55 bits per heavy atom. The number of rotatable bonds is 6. The van der Waals surface area contributed by atoms with Gasteiger partial charge in [-0.1, -0.05) is 0 Å². The van der Waals surface area contributed by atoms with E-state index in [-0.39, 0.29) is 6.03 Å². The molecule has 2 amide bonds. The Kier molecular flexibility index (Phi) is 6.78. The molecule has 0 aliphatic carbocycles. The zero-order chi connectivity index (χ0) is 15.1. The molecule has 0 saturated carbocycles. The molecule has 0 aromatic carbocycles. The topological polar surface area (TPSA) is 64.1 Å². The molecule has 1 atom stereocenters. The summed E-state index contributed by atoms with van der Waals surface area (Å²) in [4.78, 5) is 29.1. The number of aliphatic carboxylic acids is 1. The van der Waals surface area contributed by atoms with Crippen molar-refractivity contribution in [2.24, 2.45) is 5.92 Å². The Bertz CT molecular complexity index is 334. The molecule has 0 aromatic rings. The molecule has 0 aromatic heterocycles. The summed E-state index contributed by atoms with van der Waals surface area (Å²) in [5, 5.41) is 9.08. The molecule has 20 heavy (non-hydrogen) atoms. The van der Waals surface area contributed by atoms with Crippen LogP contribution in [0.4, 0.5) is 4.79 Å². The summed E-state index contributed by atoms with van der Waals surface area (Å²) in [7, 11) is 4.03. The molecule has 1 rings (SSSR count). The summed E-state index contributed by atoms with van der Waals surface area (Å²) < 4.78 is 0. The fraction of sp³-hybridized carbons (Fsp3) is 0.857. The van der Waals surface area contributed by atoms with Crippen molar-refractivity contribution in [3.05, 3.63) is 0 Å². The lowest BCUT2D eigenvalue weighted by molar-refractivity contribution is -0.143. The lowest BCUT2D eigenvalue weighted by atomic mass is 9.98. The molecule has 1 saturated heterocycles. The van der Waals surface area contributed by atoms with Gasteiger partial charge in [0.25, 0.3) is 0 Å². The first-order valence-corrected chi connectivity index (χ1v) is 7.37. The first-order valence-electron chi connectivity index (χ1n) is 7.37. The summed E-state index contributed by atoms with van der Waals surface area (Å²) in [6, 6.07) is -0.0165. The molecule has 1 unspecified atom stereocenters. The highest BCUT2D eigenvalue weighted by Crippen LogP contribution is 2.18. The summed E-state index contributed by atoms with van der Waals surface area (Å²) >= 11 is 0. The Balaban J connectivity index is 2.50. The van der Waals surface area contributed by atoms with E-state index in [0.29, 0.717) is 26.1 Å². The van der Waals surface area contributed by atoms with Gasteiger partial charge in [0.15, 0.2) is 0 Å². The van der Waals surface area contributed by atoms with Crippen molar-refractivity contribution in [1.82, 2.24) is 14.7 Å². The maximum atomic E-state index is 12.4. The van der Waals surface area contributed by atoms with Crippen LogP contribution in [-0.2, 0) is 4.79 Å². The monoisotopic (exact) mass is 285 g/mol. The van der Waals surface area contributed by atoms with Gasteiger partial charge in [0.2, 0.25) is 0 Å². The van der Waals surface area contributed by atoms with E-state index >= 15 is 0 Å². The van der Waals surface area contributed by atoms with Crippen LogP contribution in [0.3, 0.4) is 0 Å². The number of urea groups is 1. The van der Waals surface area contributed by atoms with Gasteiger partial charge in [0, 0.05) is 26.2 Å². The average Bonchev–Trinajstić information content (AvgIpc) is 2.42. The minimum absolute atomic E-state index is 0.0165. The van der Waals surface area contributed by atoms with Crippen LogP contribution < -0.4 is 0 Å². The molecule has 0 radical (unpaired) electrons. The number of carbonyl (C=O) groups is 2. The zero-order valence-electron chi connectivity index (χ0n) is 12.8. The van der Waals surface area contributed by atoms with Gasteiger partial charge in [0.05, 0.1) is 5.92 Å². The fourth-order valence-electron chi connectivity index (χ4n) is 2.52. The summed E-state index contributed by atoms with van der Waals surface area (Å²) in [6.45, 7) is 5.32. The largest absolute Gasteiger partial charge is 0.481 e. The highest BCUT2D eigenvalue weighted by atomic mass is 16.4. The van der Waals surface area contributed by atoms with Crippen molar-refractivity contribution < 1.29 is 14.7 Å². The van der Waals surface area contributed by atoms with Crippen LogP contribution in [0, 0.1) is 5.92 Å². The highest BCUT2D eigenvalue weighted by molar-refractivity contribution is 5.76. The van der Waals surface area contributed by atoms with Gasteiger partial charge in [-0.15, -0.1) is 0 Å². The van der Waals surface area contributed by atoms with Crippen LogP contribution in [0.1, 0.15) is 26.2 Å². The van der Waals surface area contributed by atoms with Gasteiger partial charge in [-0.3, -0.25) is 4.79 Å². The van der Waals surface area contributed by atoms with E-state index in [9.17, 15) is 9.59 Å². The van der Waals surface area contributed by atoms with Crippen molar-refractivity contribution in [2.75, 3.05) is 46.8 Å². The zero-order valence-corrected chi connectivity index (χ0v) is 12.8. The van der Waals surface area contributed by atoms with E-state index < -0.39 is 11.9 Å². The molecular formula is C14H27N3O3. The first-order chi connectivity index (χ1) is 9.45. The minimum Gasteiger partial charge on any atom is -0.481 e. The Hall–Kier alpha value is -1.30. The molecule has 0 bridgehead atoms. The second kappa shape index (κ2) is 8.09. The quantitative estimate of drug-likeness (QED) is 0.796. The van der Waals surface area contributed by atoms with Gasteiger partial charge >= 0.3 is 12.0 Å². The Morgan fingerprint density at radius 2 is 2.00 bits per heavy atom. The van der Waals surface area contributed by atoms with Crippen LogP contribution in [0.5, 0.6) is 0 Å². The van der Waals surface area contributed by atoms with Crippen LogP contribution in [-0.4, -0.2) is 78.6 Å². The van der Waals surface area contributed by atoms with Gasteiger partial charge in [0.1, 0.15) is 0 Å². The molecule has 116 valence electrons. The third-order valence-electron chi connectivity index (χ3n) is 3.73. The molecule has 6 heteroatoms. The Labute approximate surface area is 121 Å². The van der Waals surface area contributed by atoms with Crippen molar-refractivity contribution in [1.29, 1.82) is 0 Å². The standard InChI is InChI=1S/C14H27N3O3/c1-4-16(10-6-8-15(2)3)14(20)17-9-5-7-12(11-17)13(18)19/h12H,4-11H2,1-3H3,(H,18,19). The van der Waals surface area contributed by atoms with Crippen LogP contribution in [0.15, 0.2) is 0 Å². The number of hydrogen-bond acceptors (Lipinski definition) is 3. The molecule has 0 spiro atoms. The van der Waals surface area contributed by atoms with Crippen molar-refractivity contribution >= 4 is 12.0 Å². The summed E-state index contributed by atoms with van der Waals surface area (Å²) in [6.07, 6.45) is 2.38. The van der Waals surface area contributed by atoms with E-state index in [0.717, 1.165) is 25.9 Å². The molecule has 1 N–H and O–H groups in total. The van der Waals surface area contributed by atoms with E-state index in [1.165, 1.54) is 0 Å². The van der Waals surface area contributed by atoms with E-state index in [4.69, 9.17) is 5.11 Å². The second-order valence-electron chi connectivity index (χ2n) is 5.64. The van der Waals surface area contributed by atoms with Gasteiger partial charge in [-0.25, -0.2) is 4.79 Å². The van der Waals surface area contributed by atoms with Crippen LogP contribution in [0.2, 0.25) is 0 Å². The molecule has 1 heterocycles. The second-order valence-corrected chi connectivity index (χ2v) is 5.64. The third-order valence-corrected chi connectivity index (χ3v) is 3.73. The van der Waals surface area contributed by atoms with Crippen molar-refractivity contribution in [3.8, 4) is 0 Å². The smallest absolute Gasteiger partial charge is 0.320 e. The number of hydrogen-bond donors (Lipinski definition) is 1. The maximum absolute atomic E-state index is 12.4. The molecule has 1 aliphatic heterocycles. The molecule has 1 fully saturated rings. The van der Waals surface area contributed by atoms with Crippen LogP contribution >= 0.6 is 0 Å². The average molecular weight is 285 g/mol. The number of likely N-dealkylation sites (tertiary alicyclic amines) is 1. The summed E-state index contributed by atoms with van der Waals surface area (Å²) in [5.74, 6) is -1.20. The van der Waals surface area contributed by atoms with E-state index in [1.54, 1.807) is 4.90 Å². The lowest BCUT2D eigenvalue weighted by Gasteiger charge is -2.35. The molecule has 1 aliphatic rings. The number of carboxylic acids is 1. The number of carboxylic acid groups (broad SMARTS) is 1. The predicted molar refractivity (Wildman–Crippen MR) is 77.7 cm³/mol. The van der Waals surface area contributed by atoms with Crippen molar-refractivity contribution in [3.63, 3.8) is 0 Å². The number of amides is 2. The number of piperidine rings is 1. The number of nitrogens with zero attached hydrogens (tertiary/aromatic N) is 3. The minimum atomic E-state index is -0.793. The molecule has 6 nitrogen and oxygen atoms in total. The lowest BCUT2D eigenvalue weighted by Crippen LogP contribution is -2.49. The SMILES string of the molecule is CCN(CCCN(C)C)C(=O)N1CCCC(C(=O)O)C1. The number of carbonyl (C=O) groups excluding carboxylic acids is 1. The van der Waals surface area contributed by atoms with E-state index in [1.807, 2.05) is 25.9 Å². The maximum Gasteiger partial charge on any atom is 0.320 e. The van der Waals surface area contributed by atoms with Gasteiger partial charge in [-0.2, -0.15) is 0 Å². The van der Waals surface area contributed by atoms with Crippen molar-refractivity contribution in [2.45, 2.75) is 26.2 Å².